The molecule has 60 valence electrons. The van der Waals surface area contributed by atoms with E-state index in [0.717, 1.165) is 10.9 Å². The maximum Gasteiger partial charge on any atom is 0.324 e. The van der Waals surface area contributed by atoms with Crippen LogP contribution in [0, 0.1) is 0 Å². The Morgan fingerprint density at radius 3 is 2.75 bits per heavy atom. The zero-order valence-electron chi connectivity index (χ0n) is 6.20. The molecule has 0 bridgehead atoms. The predicted molar refractivity (Wildman–Crippen MR) is 48.6 cm³/mol. The van der Waals surface area contributed by atoms with Crippen molar-refractivity contribution in [3.63, 3.8) is 0 Å². The summed E-state index contributed by atoms with van der Waals surface area (Å²) < 4.78 is 1.41. The molecule has 0 aliphatic carbocycles. The Balaban J connectivity index is 2.79. The van der Waals surface area contributed by atoms with Crippen molar-refractivity contribution < 1.29 is 4.79 Å². The molecule has 0 radical (unpaired) electrons. The van der Waals surface area contributed by atoms with Gasteiger partial charge in [0.15, 0.2) is 0 Å². The highest BCUT2D eigenvalue weighted by Gasteiger charge is 2.03. The standard InChI is InChI=1S/C9H6ClNO/c10-9(12)11-6-5-7-3-1-2-4-8(7)11/h1-6H. The van der Waals surface area contributed by atoms with Crippen molar-refractivity contribution in [2.24, 2.45) is 0 Å². The van der Waals surface area contributed by atoms with Crippen molar-refractivity contribution in [3.05, 3.63) is 36.5 Å². The lowest BCUT2D eigenvalue weighted by Crippen LogP contribution is -1.98. The number of aromatic nitrogens is 1. The monoisotopic (exact) mass is 179 g/mol. The van der Waals surface area contributed by atoms with E-state index in [9.17, 15) is 4.79 Å². The first-order valence-electron chi connectivity index (χ1n) is 3.55. The molecule has 0 aliphatic rings. The van der Waals surface area contributed by atoms with Crippen molar-refractivity contribution in [1.82, 2.24) is 4.57 Å². The van der Waals surface area contributed by atoms with Gasteiger partial charge >= 0.3 is 5.37 Å². The highest BCUT2D eigenvalue weighted by molar-refractivity contribution is 6.63. The number of halogens is 1. The average Bonchev–Trinajstić information content (AvgIpc) is 2.47. The van der Waals surface area contributed by atoms with E-state index in [1.54, 1.807) is 6.20 Å². The topological polar surface area (TPSA) is 22.0 Å². The van der Waals surface area contributed by atoms with E-state index < -0.39 is 5.37 Å². The van der Waals surface area contributed by atoms with Crippen LogP contribution in [-0.4, -0.2) is 9.93 Å². The van der Waals surface area contributed by atoms with Crippen molar-refractivity contribution in [2.75, 3.05) is 0 Å². The van der Waals surface area contributed by atoms with Gasteiger partial charge in [0.1, 0.15) is 0 Å². The number of nitrogens with zero attached hydrogens (tertiary/aromatic N) is 1. The summed E-state index contributed by atoms with van der Waals surface area (Å²) in [5, 5.41) is 0.544. The molecule has 1 aromatic heterocycles. The lowest BCUT2D eigenvalue weighted by atomic mass is 10.2. The van der Waals surface area contributed by atoms with E-state index in [4.69, 9.17) is 11.6 Å². The van der Waals surface area contributed by atoms with E-state index >= 15 is 0 Å². The molecule has 0 aliphatic heterocycles. The highest BCUT2D eigenvalue weighted by Crippen LogP contribution is 2.15. The molecule has 2 rings (SSSR count). The number of carbonyl (C=O) groups is 1. The third-order valence-electron chi connectivity index (χ3n) is 1.79. The third-order valence-corrected chi connectivity index (χ3v) is 1.97. The van der Waals surface area contributed by atoms with Crippen molar-refractivity contribution in [1.29, 1.82) is 0 Å². The predicted octanol–water partition coefficient (Wildman–Crippen LogP) is 2.85. The molecule has 0 amide bonds. The molecule has 3 heteroatoms. The lowest BCUT2D eigenvalue weighted by Gasteiger charge is -1.95. The number of benzene rings is 1. The van der Waals surface area contributed by atoms with Gasteiger partial charge in [0.2, 0.25) is 0 Å². The molecule has 0 N–H and O–H groups in total. The highest BCUT2D eigenvalue weighted by atomic mass is 35.5. The molecule has 0 unspecified atom stereocenters. The molecule has 0 saturated carbocycles. The van der Waals surface area contributed by atoms with Crippen molar-refractivity contribution in [3.8, 4) is 0 Å². The first-order valence-corrected chi connectivity index (χ1v) is 3.93. The molecule has 1 heterocycles. The van der Waals surface area contributed by atoms with E-state index in [0.29, 0.717) is 0 Å². The summed E-state index contributed by atoms with van der Waals surface area (Å²) in [6.07, 6.45) is 1.67. The minimum absolute atomic E-state index is 0.476. The molecular weight excluding hydrogens is 174 g/mol. The van der Waals surface area contributed by atoms with Crippen LogP contribution >= 0.6 is 11.6 Å². The van der Waals surface area contributed by atoms with Gasteiger partial charge in [-0.05, 0) is 23.7 Å². The van der Waals surface area contributed by atoms with Gasteiger partial charge in [-0.25, -0.2) is 0 Å². The Hall–Kier alpha value is -1.28. The number of hydrogen-bond acceptors (Lipinski definition) is 1. The fraction of sp³-hybridized carbons (Fsp3) is 0. The van der Waals surface area contributed by atoms with E-state index in [-0.39, 0.29) is 0 Å². The van der Waals surface area contributed by atoms with Crippen LogP contribution in [0.25, 0.3) is 10.9 Å². The Morgan fingerprint density at radius 2 is 2.00 bits per heavy atom. The Morgan fingerprint density at radius 1 is 1.25 bits per heavy atom. The van der Waals surface area contributed by atoms with Gasteiger partial charge in [0, 0.05) is 11.6 Å². The summed E-state index contributed by atoms with van der Waals surface area (Å²) in [7, 11) is 0. The third kappa shape index (κ3) is 1.01. The van der Waals surface area contributed by atoms with Gasteiger partial charge in [-0.15, -0.1) is 0 Å². The Labute approximate surface area is 74.4 Å². The zero-order chi connectivity index (χ0) is 8.55. The van der Waals surface area contributed by atoms with Crippen LogP contribution < -0.4 is 0 Å². The fourth-order valence-electron chi connectivity index (χ4n) is 1.24. The smallest absolute Gasteiger partial charge is 0.274 e. The summed E-state index contributed by atoms with van der Waals surface area (Å²) in [5.74, 6) is 0. The van der Waals surface area contributed by atoms with Crippen LogP contribution in [0.1, 0.15) is 0 Å². The normalized spacial score (nSPS) is 10.4. The molecule has 2 nitrogen and oxygen atoms in total. The maximum atomic E-state index is 10.8. The SMILES string of the molecule is O=C(Cl)n1ccc2ccccc21. The Bertz CT molecular complexity index is 433. The van der Waals surface area contributed by atoms with Gasteiger partial charge in [-0.1, -0.05) is 18.2 Å². The first kappa shape index (κ1) is 7.37. The van der Waals surface area contributed by atoms with E-state index in [1.807, 2.05) is 30.3 Å². The summed E-state index contributed by atoms with van der Waals surface area (Å²) in [4.78, 5) is 10.8. The number of para-hydroxylation sites is 1. The fourth-order valence-corrected chi connectivity index (χ4v) is 1.38. The second-order valence-corrected chi connectivity index (χ2v) is 2.82. The maximum absolute atomic E-state index is 10.8. The van der Waals surface area contributed by atoms with Gasteiger partial charge in [-0.3, -0.25) is 9.36 Å². The minimum Gasteiger partial charge on any atom is -0.274 e. The van der Waals surface area contributed by atoms with Crippen molar-refractivity contribution >= 4 is 27.9 Å². The molecule has 2 aromatic rings. The summed E-state index contributed by atoms with van der Waals surface area (Å²) in [6.45, 7) is 0. The molecule has 1 aromatic carbocycles. The number of hydrogen-bond donors (Lipinski definition) is 0. The summed E-state index contributed by atoms with van der Waals surface area (Å²) in [6, 6.07) is 9.45. The molecule has 0 spiro atoms. The van der Waals surface area contributed by atoms with E-state index in [2.05, 4.69) is 0 Å². The second-order valence-electron chi connectivity index (χ2n) is 2.50. The van der Waals surface area contributed by atoms with Gasteiger partial charge < -0.3 is 0 Å². The Kier molecular flexibility index (Phi) is 1.62. The van der Waals surface area contributed by atoms with Gasteiger partial charge in [0.05, 0.1) is 5.52 Å². The molecule has 0 saturated heterocycles. The molecule has 0 fully saturated rings. The largest absolute Gasteiger partial charge is 0.324 e. The summed E-state index contributed by atoms with van der Waals surface area (Å²) >= 11 is 5.35. The van der Waals surface area contributed by atoms with Crippen LogP contribution in [0.15, 0.2) is 36.5 Å². The lowest BCUT2D eigenvalue weighted by molar-refractivity contribution is 0.261. The van der Waals surface area contributed by atoms with Crippen molar-refractivity contribution in [2.45, 2.75) is 0 Å². The molecule has 0 atom stereocenters. The quantitative estimate of drug-likeness (QED) is 0.570. The first-order chi connectivity index (χ1) is 5.79. The second kappa shape index (κ2) is 2.64. The van der Waals surface area contributed by atoms with Crippen LogP contribution in [0.5, 0.6) is 0 Å². The van der Waals surface area contributed by atoms with Crippen LogP contribution in [0.3, 0.4) is 0 Å². The number of carbonyl (C=O) groups excluding carboxylic acids is 1. The van der Waals surface area contributed by atoms with E-state index in [1.165, 1.54) is 4.57 Å². The summed E-state index contributed by atoms with van der Waals surface area (Å²) in [5.41, 5.74) is 0.845. The minimum atomic E-state index is -0.476. The van der Waals surface area contributed by atoms with Gasteiger partial charge in [-0.2, -0.15) is 0 Å². The zero-order valence-corrected chi connectivity index (χ0v) is 6.95. The molecule has 12 heavy (non-hydrogen) atoms. The van der Waals surface area contributed by atoms with Crippen LogP contribution in [0.4, 0.5) is 4.79 Å². The average molecular weight is 180 g/mol. The number of fused-ring (bicyclic) bond motifs is 1. The van der Waals surface area contributed by atoms with Gasteiger partial charge in [0.25, 0.3) is 0 Å². The van der Waals surface area contributed by atoms with Crippen LogP contribution in [0.2, 0.25) is 0 Å². The van der Waals surface area contributed by atoms with Crippen LogP contribution in [-0.2, 0) is 0 Å². The molecular formula is C9H6ClNO. The number of rotatable bonds is 0.